The molecular formula is C26H32ClN3O3. The fourth-order valence-electron chi connectivity index (χ4n) is 3.99. The third-order valence-electron chi connectivity index (χ3n) is 5.97. The van der Waals surface area contributed by atoms with Gasteiger partial charge in [0.1, 0.15) is 6.04 Å². The minimum Gasteiger partial charge on any atom is -0.354 e. The van der Waals surface area contributed by atoms with Gasteiger partial charge < -0.3 is 15.5 Å². The highest BCUT2D eigenvalue weighted by Crippen LogP contribution is 2.24. The Morgan fingerprint density at radius 2 is 1.67 bits per heavy atom. The van der Waals surface area contributed by atoms with Crippen molar-refractivity contribution in [2.24, 2.45) is 11.8 Å². The molecule has 0 spiro atoms. The Morgan fingerprint density at radius 1 is 1.03 bits per heavy atom. The number of hydrogen-bond acceptors (Lipinski definition) is 3. The Balaban J connectivity index is 1.69. The Labute approximate surface area is 200 Å². The van der Waals surface area contributed by atoms with Gasteiger partial charge in [-0.25, -0.2) is 0 Å². The number of carbonyl (C=O) groups excluding carboxylic acids is 3. The van der Waals surface area contributed by atoms with Crippen molar-refractivity contribution in [3.05, 3.63) is 70.2 Å². The second-order valence-electron chi connectivity index (χ2n) is 9.07. The Kier molecular flexibility index (Phi) is 8.50. The van der Waals surface area contributed by atoms with Crippen LogP contribution in [0.25, 0.3) is 0 Å². The summed E-state index contributed by atoms with van der Waals surface area (Å²) in [6, 6.07) is 13.6. The number of hydrogen-bond donors (Lipinski definition) is 2. The molecule has 6 nitrogen and oxygen atoms in total. The van der Waals surface area contributed by atoms with Crippen molar-refractivity contribution in [3.8, 4) is 0 Å². The van der Waals surface area contributed by atoms with Crippen LogP contribution >= 0.6 is 11.6 Å². The molecule has 2 N–H and O–H groups in total. The van der Waals surface area contributed by atoms with Gasteiger partial charge in [0.05, 0.1) is 10.6 Å². The number of amides is 3. The molecule has 1 atom stereocenters. The number of carbonyl (C=O) groups is 3. The monoisotopic (exact) mass is 469 g/mol. The largest absolute Gasteiger partial charge is 0.354 e. The highest BCUT2D eigenvalue weighted by atomic mass is 35.5. The molecule has 176 valence electrons. The molecule has 1 fully saturated rings. The molecule has 1 aliphatic rings. The van der Waals surface area contributed by atoms with Crippen LogP contribution in [0.3, 0.4) is 0 Å². The number of piperidine rings is 1. The molecule has 0 bridgehead atoms. The molecule has 1 aliphatic heterocycles. The molecular weight excluding hydrogens is 438 g/mol. The Bertz CT molecular complexity index is 983. The van der Waals surface area contributed by atoms with Crippen LogP contribution in [0.5, 0.6) is 0 Å². The van der Waals surface area contributed by atoms with E-state index in [1.807, 2.05) is 49.9 Å². The smallest absolute Gasteiger partial charge is 0.253 e. The van der Waals surface area contributed by atoms with Crippen LogP contribution in [0.15, 0.2) is 48.5 Å². The number of nitrogens with zero attached hydrogens (tertiary/aromatic N) is 1. The average Bonchev–Trinajstić information content (AvgIpc) is 2.81. The Hall–Kier alpha value is -2.86. The molecule has 0 saturated carbocycles. The van der Waals surface area contributed by atoms with E-state index < -0.39 is 6.04 Å². The summed E-state index contributed by atoms with van der Waals surface area (Å²) in [6.07, 6.45) is 1.25. The summed E-state index contributed by atoms with van der Waals surface area (Å²) in [4.78, 5) is 40.6. The van der Waals surface area contributed by atoms with E-state index in [0.29, 0.717) is 54.5 Å². The van der Waals surface area contributed by atoms with Gasteiger partial charge in [0.25, 0.3) is 11.8 Å². The van der Waals surface area contributed by atoms with Crippen LogP contribution in [0.1, 0.15) is 53.0 Å². The maximum Gasteiger partial charge on any atom is 0.253 e. The first kappa shape index (κ1) is 24.8. The fraction of sp³-hybridized carbons (Fsp3) is 0.423. The molecule has 33 heavy (non-hydrogen) atoms. The molecule has 2 aromatic carbocycles. The maximum atomic E-state index is 13.0. The van der Waals surface area contributed by atoms with Crippen LogP contribution in [0, 0.1) is 18.8 Å². The van der Waals surface area contributed by atoms with Crippen molar-refractivity contribution in [2.45, 2.75) is 39.7 Å². The van der Waals surface area contributed by atoms with E-state index in [-0.39, 0.29) is 23.6 Å². The standard InChI is InChI=1S/C26H32ClN3O3/c1-17(2)16-28-25(32)23(29-24(31)21-6-4-5-7-22(21)27)19-12-14-30(15-13-19)26(33)20-10-8-18(3)9-11-20/h4-11,17,19,23H,12-16H2,1-3H3,(H,28,32)(H,29,31). The van der Waals surface area contributed by atoms with Crippen molar-refractivity contribution < 1.29 is 14.4 Å². The predicted molar refractivity (Wildman–Crippen MR) is 130 cm³/mol. The average molecular weight is 470 g/mol. The van der Waals surface area contributed by atoms with E-state index >= 15 is 0 Å². The zero-order valence-electron chi connectivity index (χ0n) is 19.4. The van der Waals surface area contributed by atoms with Gasteiger partial charge in [-0.3, -0.25) is 14.4 Å². The summed E-state index contributed by atoms with van der Waals surface area (Å²) in [6.45, 7) is 7.63. The summed E-state index contributed by atoms with van der Waals surface area (Å²) in [5.74, 6) is -0.362. The topological polar surface area (TPSA) is 78.5 Å². The quantitative estimate of drug-likeness (QED) is 0.641. The van der Waals surface area contributed by atoms with Gasteiger partial charge in [0.2, 0.25) is 5.91 Å². The fourth-order valence-corrected chi connectivity index (χ4v) is 4.21. The van der Waals surface area contributed by atoms with Gasteiger partial charge in [-0.1, -0.05) is 55.3 Å². The molecule has 0 aromatic heterocycles. The van der Waals surface area contributed by atoms with Crippen molar-refractivity contribution in [1.82, 2.24) is 15.5 Å². The summed E-state index contributed by atoms with van der Waals surface area (Å²) in [5.41, 5.74) is 2.11. The third-order valence-corrected chi connectivity index (χ3v) is 6.30. The lowest BCUT2D eigenvalue weighted by molar-refractivity contribution is -0.124. The number of halogens is 1. The van der Waals surface area contributed by atoms with Crippen LogP contribution in [0.2, 0.25) is 5.02 Å². The summed E-state index contributed by atoms with van der Waals surface area (Å²) in [5, 5.41) is 6.20. The van der Waals surface area contributed by atoms with E-state index in [1.165, 1.54) is 0 Å². The lowest BCUT2D eigenvalue weighted by atomic mass is 9.88. The maximum absolute atomic E-state index is 13.0. The normalized spacial score (nSPS) is 15.2. The van der Waals surface area contributed by atoms with Crippen LogP contribution < -0.4 is 10.6 Å². The number of aryl methyl sites for hydroxylation is 1. The van der Waals surface area contributed by atoms with E-state index in [4.69, 9.17) is 11.6 Å². The second-order valence-corrected chi connectivity index (χ2v) is 9.47. The van der Waals surface area contributed by atoms with Crippen LogP contribution in [0.4, 0.5) is 0 Å². The minimum absolute atomic E-state index is 0.00522. The number of rotatable bonds is 7. The van der Waals surface area contributed by atoms with Gasteiger partial charge in [0.15, 0.2) is 0 Å². The zero-order valence-corrected chi connectivity index (χ0v) is 20.2. The van der Waals surface area contributed by atoms with Crippen LogP contribution in [-0.4, -0.2) is 48.3 Å². The van der Waals surface area contributed by atoms with Gasteiger partial charge in [-0.2, -0.15) is 0 Å². The Morgan fingerprint density at radius 3 is 2.27 bits per heavy atom. The van der Waals surface area contributed by atoms with E-state index in [0.717, 1.165) is 5.56 Å². The second kappa shape index (κ2) is 11.3. The van der Waals surface area contributed by atoms with Crippen molar-refractivity contribution in [1.29, 1.82) is 0 Å². The van der Waals surface area contributed by atoms with E-state index in [1.54, 1.807) is 24.3 Å². The molecule has 1 saturated heterocycles. The summed E-state index contributed by atoms with van der Waals surface area (Å²) >= 11 is 6.19. The van der Waals surface area contributed by atoms with Crippen molar-refractivity contribution >= 4 is 29.3 Å². The SMILES string of the molecule is Cc1ccc(C(=O)N2CCC(C(NC(=O)c3ccccc3Cl)C(=O)NCC(C)C)CC2)cc1. The van der Waals surface area contributed by atoms with Gasteiger partial charge in [0, 0.05) is 25.2 Å². The van der Waals surface area contributed by atoms with Crippen molar-refractivity contribution in [3.63, 3.8) is 0 Å². The molecule has 2 aromatic rings. The van der Waals surface area contributed by atoms with Crippen LogP contribution in [-0.2, 0) is 4.79 Å². The van der Waals surface area contributed by atoms with Gasteiger partial charge in [-0.15, -0.1) is 0 Å². The number of nitrogens with one attached hydrogen (secondary N) is 2. The third kappa shape index (κ3) is 6.57. The minimum atomic E-state index is -0.691. The van der Waals surface area contributed by atoms with E-state index in [2.05, 4.69) is 10.6 Å². The molecule has 0 aliphatic carbocycles. The van der Waals surface area contributed by atoms with Crippen molar-refractivity contribution in [2.75, 3.05) is 19.6 Å². The number of likely N-dealkylation sites (tertiary alicyclic amines) is 1. The molecule has 1 unspecified atom stereocenters. The number of benzene rings is 2. The highest BCUT2D eigenvalue weighted by Gasteiger charge is 2.34. The first-order valence-electron chi connectivity index (χ1n) is 11.4. The molecule has 7 heteroatoms. The van der Waals surface area contributed by atoms with Gasteiger partial charge in [-0.05, 0) is 55.9 Å². The lowest BCUT2D eigenvalue weighted by Crippen LogP contribution is -2.54. The highest BCUT2D eigenvalue weighted by molar-refractivity contribution is 6.33. The molecule has 3 amide bonds. The summed E-state index contributed by atoms with van der Waals surface area (Å²) in [7, 11) is 0. The first-order chi connectivity index (χ1) is 15.8. The van der Waals surface area contributed by atoms with Gasteiger partial charge >= 0.3 is 0 Å². The molecule has 1 heterocycles. The predicted octanol–water partition coefficient (Wildman–Crippen LogP) is 4.07. The molecule has 3 rings (SSSR count). The zero-order chi connectivity index (χ0) is 24.0. The van der Waals surface area contributed by atoms with E-state index in [9.17, 15) is 14.4 Å². The lowest BCUT2D eigenvalue weighted by Gasteiger charge is -2.36. The summed E-state index contributed by atoms with van der Waals surface area (Å²) < 4.78 is 0. The molecule has 0 radical (unpaired) electrons. The first-order valence-corrected chi connectivity index (χ1v) is 11.8.